The first-order chi connectivity index (χ1) is 13.4. The fourth-order valence-electron chi connectivity index (χ4n) is 4.41. The summed E-state index contributed by atoms with van der Waals surface area (Å²) in [7, 11) is 0. The average Bonchev–Trinajstić information content (AvgIpc) is 3.28. The lowest BCUT2D eigenvalue weighted by atomic mass is 9.74. The van der Waals surface area contributed by atoms with Crippen LogP contribution in [0.15, 0.2) is 47.4 Å². The summed E-state index contributed by atoms with van der Waals surface area (Å²) in [6.45, 7) is 9.22. The maximum Gasteiger partial charge on any atom is 0.433 e. The molecule has 1 saturated heterocycles. The maximum absolute atomic E-state index is 13.1. The summed E-state index contributed by atoms with van der Waals surface area (Å²) in [5.41, 5.74) is 3.15. The zero-order valence-electron chi connectivity index (χ0n) is 15.9. The van der Waals surface area contributed by atoms with Gasteiger partial charge >= 0.3 is 5.88 Å². The SMILES string of the molecule is C=CCN1CCC2(CC1)CN(C(=O)c1ccc([N+](=O)[O-])o1)c1ccc(C)cc12. The highest BCUT2D eigenvalue weighted by Gasteiger charge is 2.46. The number of benzene rings is 1. The topological polar surface area (TPSA) is 79.8 Å². The van der Waals surface area contributed by atoms with Crippen LogP contribution in [0.4, 0.5) is 11.6 Å². The smallest absolute Gasteiger partial charge is 0.395 e. The summed E-state index contributed by atoms with van der Waals surface area (Å²) in [6.07, 6.45) is 3.84. The van der Waals surface area contributed by atoms with E-state index in [9.17, 15) is 14.9 Å². The molecule has 2 aromatic rings. The summed E-state index contributed by atoms with van der Waals surface area (Å²) < 4.78 is 5.17. The van der Waals surface area contributed by atoms with Crippen LogP contribution in [0, 0.1) is 17.0 Å². The number of carbonyl (C=O) groups excluding carboxylic acids is 1. The van der Waals surface area contributed by atoms with Crippen LogP contribution in [0.1, 0.15) is 34.5 Å². The van der Waals surface area contributed by atoms with E-state index in [0.717, 1.165) is 43.7 Å². The van der Waals surface area contributed by atoms with E-state index in [-0.39, 0.29) is 17.1 Å². The van der Waals surface area contributed by atoms with E-state index in [4.69, 9.17) is 4.42 Å². The number of nitrogens with zero attached hydrogens (tertiary/aromatic N) is 3. The van der Waals surface area contributed by atoms with Gasteiger partial charge in [0.15, 0.2) is 5.76 Å². The minimum Gasteiger partial charge on any atom is -0.395 e. The fraction of sp³-hybridized carbons (Fsp3) is 0.381. The minimum atomic E-state index is -0.630. The van der Waals surface area contributed by atoms with E-state index in [2.05, 4.69) is 24.5 Å². The normalized spacial score (nSPS) is 18.2. The molecule has 0 atom stereocenters. The number of piperidine rings is 1. The van der Waals surface area contributed by atoms with Gasteiger partial charge in [0.05, 0.1) is 6.07 Å². The van der Waals surface area contributed by atoms with Crippen molar-refractivity contribution in [3.8, 4) is 0 Å². The van der Waals surface area contributed by atoms with Crippen LogP contribution in [-0.2, 0) is 5.41 Å². The number of nitro groups is 1. The molecule has 7 nitrogen and oxygen atoms in total. The molecule has 28 heavy (non-hydrogen) atoms. The lowest BCUT2D eigenvalue weighted by Gasteiger charge is -2.39. The molecule has 2 aliphatic heterocycles. The van der Waals surface area contributed by atoms with Gasteiger partial charge in [-0.15, -0.1) is 6.58 Å². The second kappa shape index (κ2) is 6.91. The van der Waals surface area contributed by atoms with Crippen molar-refractivity contribution in [3.05, 3.63) is 70.0 Å². The molecule has 2 aliphatic rings. The molecule has 1 aromatic heterocycles. The quantitative estimate of drug-likeness (QED) is 0.459. The number of fused-ring (bicyclic) bond motifs is 2. The Morgan fingerprint density at radius 2 is 2.07 bits per heavy atom. The third-order valence-corrected chi connectivity index (χ3v) is 5.90. The molecule has 1 aromatic carbocycles. The highest BCUT2D eigenvalue weighted by atomic mass is 16.6. The van der Waals surface area contributed by atoms with Crippen molar-refractivity contribution in [1.29, 1.82) is 0 Å². The summed E-state index contributed by atoms with van der Waals surface area (Å²) in [4.78, 5) is 27.5. The van der Waals surface area contributed by atoms with E-state index >= 15 is 0 Å². The molecule has 146 valence electrons. The Balaban J connectivity index is 1.66. The molecule has 3 heterocycles. The Labute approximate surface area is 163 Å². The molecule has 0 saturated carbocycles. The molecule has 0 N–H and O–H groups in total. The van der Waals surface area contributed by atoms with Crippen molar-refractivity contribution in [2.45, 2.75) is 25.2 Å². The second-order valence-electron chi connectivity index (χ2n) is 7.68. The number of likely N-dealkylation sites (tertiary alicyclic amines) is 1. The third-order valence-electron chi connectivity index (χ3n) is 5.90. The summed E-state index contributed by atoms with van der Waals surface area (Å²) in [5.74, 6) is -0.748. The average molecular weight is 381 g/mol. The number of hydrogen-bond acceptors (Lipinski definition) is 5. The standard InChI is InChI=1S/C21H23N3O4/c1-3-10-22-11-8-21(9-12-22)14-23(17-5-4-15(2)13-16(17)21)20(25)18-6-7-19(28-18)24(26)27/h3-7,13H,1,8-12,14H2,2H3. The van der Waals surface area contributed by atoms with Crippen molar-refractivity contribution in [3.63, 3.8) is 0 Å². The van der Waals surface area contributed by atoms with Gasteiger partial charge in [-0.2, -0.15) is 0 Å². The molecular weight excluding hydrogens is 358 g/mol. The fourth-order valence-corrected chi connectivity index (χ4v) is 4.41. The van der Waals surface area contributed by atoms with Crippen LogP contribution in [0.3, 0.4) is 0 Å². The lowest BCUT2D eigenvalue weighted by Crippen LogP contribution is -2.46. The maximum atomic E-state index is 13.1. The second-order valence-corrected chi connectivity index (χ2v) is 7.68. The number of furan rings is 1. The van der Waals surface area contributed by atoms with E-state index < -0.39 is 10.8 Å². The monoisotopic (exact) mass is 381 g/mol. The van der Waals surface area contributed by atoms with Gasteiger partial charge in [-0.3, -0.25) is 19.8 Å². The van der Waals surface area contributed by atoms with Crippen molar-refractivity contribution >= 4 is 17.5 Å². The highest BCUT2D eigenvalue weighted by Crippen LogP contribution is 2.47. The number of rotatable bonds is 4. The number of hydrogen-bond donors (Lipinski definition) is 0. The Morgan fingerprint density at radius 1 is 1.32 bits per heavy atom. The lowest BCUT2D eigenvalue weighted by molar-refractivity contribution is -0.402. The van der Waals surface area contributed by atoms with Crippen LogP contribution in [0.25, 0.3) is 0 Å². The van der Waals surface area contributed by atoms with Gasteiger partial charge in [-0.1, -0.05) is 23.8 Å². The van der Waals surface area contributed by atoms with Crippen LogP contribution >= 0.6 is 0 Å². The van der Waals surface area contributed by atoms with Crippen molar-refractivity contribution < 1.29 is 14.1 Å². The number of anilines is 1. The van der Waals surface area contributed by atoms with Crippen molar-refractivity contribution in [1.82, 2.24) is 4.90 Å². The van der Waals surface area contributed by atoms with Gasteiger partial charge in [-0.05, 0) is 50.6 Å². The van der Waals surface area contributed by atoms with Gasteiger partial charge < -0.3 is 9.32 Å². The summed E-state index contributed by atoms with van der Waals surface area (Å²) in [5, 5.41) is 10.9. The molecule has 0 bridgehead atoms. The van der Waals surface area contributed by atoms with Crippen LogP contribution in [-0.4, -0.2) is 41.9 Å². The zero-order chi connectivity index (χ0) is 19.9. The molecule has 1 spiro atoms. The molecule has 4 rings (SSSR count). The van der Waals surface area contributed by atoms with Crippen molar-refractivity contribution in [2.75, 3.05) is 31.1 Å². The molecule has 0 radical (unpaired) electrons. The Kier molecular flexibility index (Phi) is 4.55. The minimum absolute atomic E-state index is 0.000585. The van der Waals surface area contributed by atoms with Crippen LogP contribution in [0.2, 0.25) is 0 Å². The van der Waals surface area contributed by atoms with Crippen molar-refractivity contribution in [2.24, 2.45) is 0 Å². The van der Waals surface area contributed by atoms with E-state index in [0.29, 0.717) is 6.54 Å². The van der Waals surface area contributed by atoms with Crippen LogP contribution < -0.4 is 4.90 Å². The Morgan fingerprint density at radius 3 is 2.71 bits per heavy atom. The number of carbonyl (C=O) groups is 1. The first kappa shape index (κ1) is 18.4. The van der Waals surface area contributed by atoms with Gasteiger partial charge in [0.1, 0.15) is 4.92 Å². The Hall–Kier alpha value is -2.93. The van der Waals surface area contributed by atoms with E-state index in [1.807, 2.05) is 18.2 Å². The zero-order valence-corrected chi connectivity index (χ0v) is 15.9. The van der Waals surface area contributed by atoms with E-state index in [1.54, 1.807) is 4.90 Å². The molecule has 1 fully saturated rings. The summed E-state index contributed by atoms with van der Waals surface area (Å²) in [6, 6.07) is 8.76. The first-order valence-electron chi connectivity index (χ1n) is 9.44. The third kappa shape index (κ3) is 3.01. The van der Waals surface area contributed by atoms with Gasteiger partial charge in [0, 0.05) is 24.2 Å². The molecule has 0 unspecified atom stereocenters. The van der Waals surface area contributed by atoms with Gasteiger partial charge in [0.2, 0.25) is 0 Å². The van der Waals surface area contributed by atoms with Crippen LogP contribution in [0.5, 0.6) is 0 Å². The predicted octanol–water partition coefficient (Wildman–Crippen LogP) is 3.68. The van der Waals surface area contributed by atoms with Gasteiger partial charge in [-0.25, -0.2) is 0 Å². The summed E-state index contributed by atoms with van der Waals surface area (Å²) >= 11 is 0. The number of amides is 1. The highest BCUT2D eigenvalue weighted by molar-refractivity contribution is 6.06. The van der Waals surface area contributed by atoms with Gasteiger partial charge in [0.25, 0.3) is 5.91 Å². The Bertz CT molecular complexity index is 941. The predicted molar refractivity (Wildman–Crippen MR) is 106 cm³/mol. The molecule has 7 heteroatoms. The first-order valence-corrected chi connectivity index (χ1v) is 9.44. The molecule has 0 aliphatic carbocycles. The molecular formula is C21H23N3O4. The van der Waals surface area contributed by atoms with E-state index in [1.165, 1.54) is 17.7 Å². The largest absolute Gasteiger partial charge is 0.433 e. The number of aryl methyl sites for hydroxylation is 1. The molecule has 1 amide bonds.